The fourth-order valence-electron chi connectivity index (χ4n) is 3.19. The third-order valence-corrected chi connectivity index (χ3v) is 4.86. The van der Waals surface area contributed by atoms with Gasteiger partial charge in [-0.2, -0.15) is 0 Å². The highest BCUT2D eigenvalue weighted by atomic mass is 16.9. The van der Waals surface area contributed by atoms with Gasteiger partial charge in [-0.25, -0.2) is 9.59 Å². The summed E-state index contributed by atoms with van der Waals surface area (Å²) in [4.78, 5) is 22.2. The van der Waals surface area contributed by atoms with Gasteiger partial charge in [0.05, 0.1) is 0 Å². The van der Waals surface area contributed by atoms with Gasteiger partial charge in [0, 0.05) is 39.4 Å². The molecule has 0 N–H and O–H groups in total. The summed E-state index contributed by atoms with van der Waals surface area (Å²) in [5.74, 6) is -1.88. The average Bonchev–Trinajstić information content (AvgIpc) is 2.97. The van der Waals surface area contributed by atoms with Crippen LogP contribution in [0, 0.1) is 0 Å². The van der Waals surface area contributed by atoms with Gasteiger partial charge >= 0.3 is 11.9 Å². The van der Waals surface area contributed by atoms with E-state index in [2.05, 4.69) is 4.74 Å². The van der Waals surface area contributed by atoms with Gasteiger partial charge in [-0.3, -0.25) is 0 Å². The third kappa shape index (κ3) is 8.43. The molecule has 1 aliphatic rings. The van der Waals surface area contributed by atoms with Gasteiger partial charge in [0.2, 0.25) is 0 Å². The number of rotatable bonds is 16. The fraction of sp³-hybridized carbons (Fsp3) is 0.800. The van der Waals surface area contributed by atoms with E-state index in [1.165, 1.54) is 44.6 Å². The highest BCUT2D eigenvalue weighted by molar-refractivity contribution is 6.08. The van der Waals surface area contributed by atoms with Crippen molar-refractivity contribution in [2.45, 2.75) is 83.0 Å². The monoisotopic (exact) mass is 370 g/mol. The molecule has 0 aromatic heterocycles. The van der Waals surface area contributed by atoms with E-state index in [-0.39, 0.29) is 0 Å². The number of esters is 2. The lowest BCUT2D eigenvalue weighted by Gasteiger charge is -2.28. The lowest BCUT2D eigenvalue weighted by molar-refractivity contribution is -0.355. The Labute approximate surface area is 157 Å². The van der Waals surface area contributed by atoms with E-state index >= 15 is 0 Å². The van der Waals surface area contributed by atoms with Crippen molar-refractivity contribution in [1.29, 1.82) is 0 Å². The summed E-state index contributed by atoms with van der Waals surface area (Å²) in [6.07, 6.45) is 14.3. The van der Waals surface area contributed by atoms with Crippen LogP contribution in [0.15, 0.2) is 11.6 Å². The first-order valence-corrected chi connectivity index (χ1v) is 9.69. The SMILES string of the molecule is COC(CCCCCCCCCCCCC1=CC(=O)OC1=O)(OC)OC. The van der Waals surface area contributed by atoms with Crippen LogP contribution in [-0.4, -0.2) is 39.2 Å². The molecule has 1 heterocycles. The lowest BCUT2D eigenvalue weighted by Crippen LogP contribution is -2.35. The maximum atomic E-state index is 11.3. The number of cyclic esters (lactones) is 2. The average molecular weight is 370 g/mol. The molecule has 0 unspecified atom stereocenters. The first-order valence-electron chi connectivity index (χ1n) is 9.69. The van der Waals surface area contributed by atoms with Gasteiger partial charge in [0.25, 0.3) is 5.97 Å². The largest absolute Gasteiger partial charge is 0.386 e. The normalized spacial score (nSPS) is 14.7. The van der Waals surface area contributed by atoms with E-state index < -0.39 is 17.9 Å². The van der Waals surface area contributed by atoms with E-state index in [4.69, 9.17) is 14.2 Å². The maximum absolute atomic E-state index is 11.3. The molecule has 150 valence electrons. The molecule has 0 saturated heterocycles. The number of carbonyl (C=O) groups is 2. The number of hydrogen-bond donors (Lipinski definition) is 0. The molecule has 6 nitrogen and oxygen atoms in total. The van der Waals surface area contributed by atoms with Crippen molar-refractivity contribution in [3.63, 3.8) is 0 Å². The molecule has 0 aromatic rings. The Hall–Kier alpha value is -1.24. The Bertz CT molecular complexity index is 445. The van der Waals surface area contributed by atoms with Gasteiger partial charge in [0.1, 0.15) is 0 Å². The van der Waals surface area contributed by atoms with Gasteiger partial charge in [-0.15, -0.1) is 0 Å². The molecule has 0 aliphatic carbocycles. The molecular formula is C20H34O6. The van der Waals surface area contributed by atoms with Crippen molar-refractivity contribution in [1.82, 2.24) is 0 Å². The van der Waals surface area contributed by atoms with Gasteiger partial charge in [-0.1, -0.05) is 51.4 Å². The van der Waals surface area contributed by atoms with E-state index in [1.807, 2.05) is 0 Å². The highest BCUT2D eigenvalue weighted by Gasteiger charge is 2.28. The fourth-order valence-corrected chi connectivity index (χ4v) is 3.19. The van der Waals surface area contributed by atoms with E-state index in [1.54, 1.807) is 21.3 Å². The second-order valence-electron chi connectivity index (χ2n) is 6.71. The molecule has 0 atom stereocenters. The predicted molar refractivity (Wildman–Crippen MR) is 98.3 cm³/mol. The van der Waals surface area contributed by atoms with Crippen LogP contribution >= 0.6 is 0 Å². The molecule has 0 aromatic carbocycles. The maximum Gasteiger partial charge on any atom is 0.342 e. The van der Waals surface area contributed by atoms with Crippen molar-refractivity contribution in [3.8, 4) is 0 Å². The topological polar surface area (TPSA) is 71.1 Å². The molecule has 0 fully saturated rings. The Morgan fingerprint density at radius 1 is 0.769 bits per heavy atom. The van der Waals surface area contributed by atoms with E-state index in [0.29, 0.717) is 12.0 Å². The van der Waals surface area contributed by atoms with Crippen LogP contribution in [0.25, 0.3) is 0 Å². The quantitative estimate of drug-likeness (QED) is 0.175. The van der Waals surface area contributed by atoms with Crippen LogP contribution in [-0.2, 0) is 28.5 Å². The van der Waals surface area contributed by atoms with Crippen molar-refractivity contribution in [3.05, 3.63) is 11.6 Å². The molecule has 0 bridgehead atoms. The van der Waals surface area contributed by atoms with Crippen LogP contribution in [0.2, 0.25) is 0 Å². The second kappa shape index (κ2) is 13.0. The van der Waals surface area contributed by atoms with Gasteiger partial charge < -0.3 is 18.9 Å². The van der Waals surface area contributed by atoms with Crippen LogP contribution in [0.1, 0.15) is 77.0 Å². The molecule has 0 spiro atoms. The summed E-state index contributed by atoms with van der Waals surface area (Å²) in [7, 11) is 4.80. The predicted octanol–water partition coefficient (Wildman–Crippen LogP) is 4.27. The third-order valence-electron chi connectivity index (χ3n) is 4.86. The molecular weight excluding hydrogens is 336 g/mol. The van der Waals surface area contributed by atoms with Crippen molar-refractivity contribution in [2.75, 3.05) is 21.3 Å². The van der Waals surface area contributed by atoms with Crippen LogP contribution in [0.5, 0.6) is 0 Å². The summed E-state index contributed by atoms with van der Waals surface area (Å²) >= 11 is 0. The van der Waals surface area contributed by atoms with Gasteiger partial charge in [0.15, 0.2) is 0 Å². The van der Waals surface area contributed by atoms with Crippen molar-refractivity contribution in [2.24, 2.45) is 0 Å². The zero-order valence-corrected chi connectivity index (χ0v) is 16.5. The number of methoxy groups -OCH3 is 3. The Kier molecular flexibility index (Phi) is 11.4. The molecule has 0 amide bonds. The smallest absolute Gasteiger partial charge is 0.342 e. The number of hydrogen-bond acceptors (Lipinski definition) is 6. The molecule has 26 heavy (non-hydrogen) atoms. The van der Waals surface area contributed by atoms with Crippen molar-refractivity contribution < 1.29 is 28.5 Å². The summed E-state index contributed by atoms with van der Waals surface area (Å²) in [5, 5.41) is 0. The summed E-state index contributed by atoms with van der Waals surface area (Å²) in [5.41, 5.74) is 0.523. The standard InChI is InChI=1S/C20H34O6/c1-23-20(24-2,25-3)15-13-11-9-7-5-4-6-8-10-12-14-17-16-18(21)26-19(17)22/h16H,4-15H2,1-3H3. The highest BCUT2D eigenvalue weighted by Crippen LogP contribution is 2.22. The zero-order valence-electron chi connectivity index (χ0n) is 16.5. The summed E-state index contributed by atoms with van der Waals surface area (Å²) < 4.78 is 20.3. The first kappa shape index (κ1) is 22.8. The molecule has 1 rings (SSSR count). The number of ether oxygens (including phenoxy) is 4. The lowest BCUT2D eigenvalue weighted by atomic mass is 10.0. The minimum Gasteiger partial charge on any atom is -0.386 e. The van der Waals surface area contributed by atoms with E-state index in [9.17, 15) is 9.59 Å². The van der Waals surface area contributed by atoms with Crippen LogP contribution in [0.4, 0.5) is 0 Å². The van der Waals surface area contributed by atoms with Gasteiger partial charge in [-0.05, 0) is 19.3 Å². The van der Waals surface area contributed by atoms with Crippen LogP contribution < -0.4 is 0 Å². The van der Waals surface area contributed by atoms with Crippen LogP contribution in [0.3, 0.4) is 0 Å². The Morgan fingerprint density at radius 3 is 1.65 bits per heavy atom. The molecule has 0 radical (unpaired) electrons. The minimum atomic E-state index is -0.890. The molecule has 6 heteroatoms. The van der Waals surface area contributed by atoms with E-state index in [0.717, 1.165) is 32.1 Å². The zero-order chi connectivity index (χ0) is 19.3. The van der Waals surface area contributed by atoms with Crippen molar-refractivity contribution >= 4 is 11.9 Å². The number of carbonyl (C=O) groups excluding carboxylic acids is 2. The first-order chi connectivity index (χ1) is 12.6. The second-order valence-corrected chi connectivity index (χ2v) is 6.71. The minimum absolute atomic E-state index is 0.464. The number of unbranched alkanes of at least 4 members (excludes halogenated alkanes) is 9. The summed E-state index contributed by atoms with van der Waals surface area (Å²) in [6, 6.07) is 0. The Morgan fingerprint density at radius 2 is 1.23 bits per heavy atom. The molecule has 1 aliphatic heterocycles. The summed E-state index contributed by atoms with van der Waals surface area (Å²) in [6.45, 7) is 0. The molecule has 0 saturated carbocycles. The Balaban J connectivity index is 1.89.